The number of unbranched alkanes of at least 4 members (excludes halogenated alkanes) is 1. The molecule has 0 fully saturated rings. The molecule has 0 bridgehead atoms. The molecule has 0 amide bonds. The van der Waals surface area contributed by atoms with Gasteiger partial charge in [0.15, 0.2) is 9.84 Å². The van der Waals surface area contributed by atoms with Crippen LogP contribution in [0, 0.1) is 19.7 Å². The van der Waals surface area contributed by atoms with Crippen LogP contribution in [-0.2, 0) is 42.8 Å². The lowest BCUT2D eigenvalue weighted by Gasteiger charge is -2.12. The van der Waals surface area contributed by atoms with Crippen LogP contribution in [0.1, 0.15) is 35.3 Å². The average Bonchev–Trinajstić information content (AvgIpc) is 3.68. The van der Waals surface area contributed by atoms with E-state index in [2.05, 4.69) is 15.3 Å². The van der Waals surface area contributed by atoms with E-state index in [4.69, 9.17) is 25.3 Å². The fraction of sp³-hybridized carbons (Fsp3) is 0.200. The predicted molar refractivity (Wildman–Crippen MR) is 241 cm³/mol. The fourth-order valence-corrected chi connectivity index (χ4v) is 7.83. The van der Waals surface area contributed by atoms with Gasteiger partial charge < -0.3 is 14.5 Å². The van der Waals surface area contributed by atoms with E-state index in [9.17, 15) is 29.6 Å². The van der Waals surface area contributed by atoms with E-state index in [0.29, 0.717) is 51.3 Å². The van der Waals surface area contributed by atoms with Gasteiger partial charge in [-0.25, -0.2) is 31.2 Å². The third-order valence-electron chi connectivity index (χ3n) is 9.02. The summed E-state index contributed by atoms with van der Waals surface area (Å²) in [5, 5.41) is 4.51. The molecule has 0 aliphatic rings. The molecule has 0 unspecified atom stereocenters. The third-order valence-corrected chi connectivity index (χ3v) is 12.3. The zero-order valence-electron chi connectivity index (χ0n) is 34.2. The summed E-state index contributed by atoms with van der Waals surface area (Å²) in [6.07, 6.45) is 5.95. The van der Waals surface area contributed by atoms with Crippen LogP contribution in [0.15, 0.2) is 142 Å². The van der Waals surface area contributed by atoms with Gasteiger partial charge in [0.25, 0.3) is 10.1 Å². The number of ether oxygens (including phenoxy) is 1. The Hall–Kier alpha value is -5.65. The molecule has 2 aromatic heterocycles. The fourth-order valence-electron chi connectivity index (χ4n) is 5.76. The molecular weight excluding hydrogens is 877 g/mol. The second kappa shape index (κ2) is 20.9. The number of aromatic nitrogens is 2. The number of hydrogen-bond donors (Lipinski definition) is 2. The highest BCUT2D eigenvalue weighted by atomic mass is 35.5. The zero-order chi connectivity index (χ0) is 45.1. The first-order valence-electron chi connectivity index (χ1n) is 19.0. The van der Waals surface area contributed by atoms with Crippen LogP contribution in [0.2, 0.25) is 5.02 Å². The van der Waals surface area contributed by atoms with Crippen LogP contribution in [0.5, 0.6) is 5.75 Å². The summed E-state index contributed by atoms with van der Waals surface area (Å²) in [6, 6.07) is 34.0. The highest BCUT2D eigenvalue weighted by molar-refractivity contribution is 7.91. The number of rotatable bonds is 13. The van der Waals surface area contributed by atoms with E-state index in [1.54, 1.807) is 60.7 Å². The lowest BCUT2D eigenvalue weighted by molar-refractivity contribution is 0.306. The number of sulfone groups is 2. The lowest BCUT2D eigenvalue weighted by atomic mass is 10.1. The smallest absolute Gasteiger partial charge is 0.294 e. The summed E-state index contributed by atoms with van der Waals surface area (Å²) >= 11 is 6.47. The van der Waals surface area contributed by atoms with Crippen molar-refractivity contribution >= 4 is 63.8 Å². The molecule has 0 spiro atoms. The molecular formula is C45H45ClFN3O9S3. The molecule has 5 aromatic carbocycles. The standard InChI is InChI=1S/C30H27ClFN3O4S.C8H10O2S.C7H8O3S/c1-40(36,37)14-3-2-7-24-10-13-28(39-24)21-8-11-27-25(16-21)30(34-19-33-27)35-23-9-12-29(26(31)17-23)38-18-20-5-4-6-22(32)15-20;1-7-3-5-8(6-4-7)11(2,9)10;1-6-2-4-7(5-3-6)11(8,9)10/h4-6,8-13,15-17,19H,2-3,7,14,18H2,1H3,(H,33,34,35);3-6H,1-2H3;2-5H,1H3,(H,8,9,10). The molecule has 0 atom stereocenters. The maximum absolute atomic E-state index is 13.4. The van der Waals surface area contributed by atoms with Gasteiger partial charge in [0.05, 0.1) is 20.3 Å². The van der Waals surface area contributed by atoms with Crippen LogP contribution in [-0.4, -0.2) is 58.0 Å². The van der Waals surface area contributed by atoms with Gasteiger partial charge in [0.2, 0.25) is 0 Å². The molecule has 0 saturated carbocycles. The van der Waals surface area contributed by atoms with E-state index in [1.165, 1.54) is 43.1 Å². The van der Waals surface area contributed by atoms with Gasteiger partial charge >= 0.3 is 0 Å². The second-order valence-corrected chi connectivity index (χ2v) is 20.5. The molecule has 2 heterocycles. The topological polar surface area (TPSA) is 183 Å². The molecule has 12 nitrogen and oxygen atoms in total. The molecule has 62 heavy (non-hydrogen) atoms. The Labute approximate surface area is 366 Å². The van der Waals surface area contributed by atoms with Crippen LogP contribution in [0.3, 0.4) is 0 Å². The van der Waals surface area contributed by atoms with Gasteiger partial charge in [0.1, 0.15) is 51.7 Å². The van der Waals surface area contributed by atoms with Gasteiger partial charge in [-0.2, -0.15) is 8.42 Å². The number of aryl methyl sites for hydroxylation is 3. The van der Waals surface area contributed by atoms with E-state index >= 15 is 0 Å². The van der Waals surface area contributed by atoms with Gasteiger partial charge in [-0.05, 0) is 117 Å². The van der Waals surface area contributed by atoms with E-state index in [-0.39, 0.29) is 23.1 Å². The first-order valence-corrected chi connectivity index (χ1v) is 24.8. The number of nitrogens with one attached hydrogen (secondary N) is 1. The van der Waals surface area contributed by atoms with Crippen molar-refractivity contribution in [2.75, 3.05) is 23.6 Å². The van der Waals surface area contributed by atoms with Crippen molar-refractivity contribution in [3.63, 3.8) is 0 Å². The summed E-state index contributed by atoms with van der Waals surface area (Å²) in [7, 11) is -10.00. The number of nitrogens with zero attached hydrogens (tertiary/aromatic N) is 2. The van der Waals surface area contributed by atoms with E-state index in [0.717, 1.165) is 39.8 Å². The summed E-state index contributed by atoms with van der Waals surface area (Å²) in [5.74, 6) is 2.46. The maximum Gasteiger partial charge on any atom is 0.294 e. The summed E-state index contributed by atoms with van der Waals surface area (Å²) < 4.78 is 99.4. The number of hydrogen-bond acceptors (Lipinski definition) is 11. The number of anilines is 2. The van der Waals surface area contributed by atoms with Crippen molar-refractivity contribution in [2.45, 2.75) is 49.5 Å². The second-order valence-electron chi connectivity index (χ2n) is 14.4. The van der Waals surface area contributed by atoms with Crippen molar-refractivity contribution in [2.24, 2.45) is 0 Å². The largest absolute Gasteiger partial charge is 0.487 e. The van der Waals surface area contributed by atoms with Crippen LogP contribution >= 0.6 is 11.6 Å². The Morgan fingerprint density at radius 1 is 0.758 bits per heavy atom. The minimum absolute atomic E-state index is 0.0666. The average molecular weight is 923 g/mol. The maximum atomic E-state index is 13.4. The van der Waals surface area contributed by atoms with Crippen LogP contribution < -0.4 is 10.1 Å². The van der Waals surface area contributed by atoms with Crippen molar-refractivity contribution in [3.8, 4) is 17.1 Å². The van der Waals surface area contributed by atoms with Crippen molar-refractivity contribution in [3.05, 3.63) is 161 Å². The first kappa shape index (κ1) is 47.4. The van der Waals surface area contributed by atoms with Crippen LogP contribution in [0.4, 0.5) is 15.9 Å². The van der Waals surface area contributed by atoms with Crippen molar-refractivity contribution < 1.29 is 43.4 Å². The molecule has 326 valence electrons. The number of furan rings is 1. The molecule has 0 aliphatic carbocycles. The van der Waals surface area contributed by atoms with E-state index in [1.807, 2.05) is 50.2 Å². The SMILES string of the molecule is CS(=O)(=O)CCCCc1ccc(-c2ccc3ncnc(Nc4ccc(OCc5cccc(F)c5)c(Cl)c4)c3c2)o1.Cc1ccc(S(=O)(=O)O)cc1.Cc1ccc(S(C)(=O)=O)cc1. The quantitative estimate of drug-likeness (QED) is 0.0826. The Balaban J connectivity index is 0.000000267. The first-order chi connectivity index (χ1) is 29.2. The van der Waals surface area contributed by atoms with Crippen LogP contribution in [0.25, 0.3) is 22.2 Å². The number of fused-ring (bicyclic) bond motifs is 1. The lowest BCUT2D eigenvalue weighted by Crippen LogP contribution is -2.02. The van der Waals surface area contributed by atoms with Crippen molar-refractivity contribution in [1.82, 2.24) is 9.97 Å². The molecule has 7 rings (SSSR count). The Morgan fingerprint density at radius 2 is 1.44 bits per heavy atom. The highest BCUT2D eigenvalue weighted by Crippen LogP contribution is 2.33. The third kappa shape index (κ3) is 14.8. The summed E-state index contributed by atoms with van der Waals surface area (Å²) in [4.78, 5) is 9.13. The Bertz CT molecular complexity index is 2890. The summed E-state index contributed by atoms with van der Waals surface area (Å²) in [5.41, 5.74) is 5.07. The van der Waals surface area contributed by atoms with E-state index < -0.39 is 29.8 Å². The number of benzene rings is 5. The minimum atomic E-state index is -4.02. The van der Waals surface area contributed by atoms with Gasteiger partial charge in [-0.3, -0.25) is 4.55 Å². The molecule has 0 saturated heterocycles. The number of halogens is 2. The monoisotopic (exact) mass is 921 g/mol. The molecule has 0 aliphatic heterocycles. The molecule has 7 aromatic rings. The Morgan fingerprint density at radius 3 is 2.05 bits per heavy atom. The molecule has 17 heteroatoms. The summed E-state index contributed by atoms with van der Waals surface area (Å²) in [6.45, 7) is 3.96. The molecule has 0 radical (unpaired) electrons. The van der Waals surface area contributed by atoms with Crippen molar-refractivity contribution in [1.29, 1.82) is 0 Å². The highest BCUT2D eigenvalue weighted by Gasteiger charge is 2.12. The van der Waals surface area contributed by atoms with Gasteiger partial charge in [-0.15, -0.1) is 0 Å². The predicted octanol–water partition coefficient (Wildman–Crippen LogP) is 10.0. The minimum Gasteiger partial charge on any atom is -0.487 e. The van der Waals surface area contributed by atoms with Gasteiger partial charge in [-0.1, -0.05) is 59.1 Å². The van der Waals surface area contributed by atoms with Gasteiger partial charge in [0, 0.05) is 41.3 Å². The zero-order valence-corrected chi connectivity index (χ0v) is 37.5. The molecule has 2 N–H and O–H groups in total. The normalized spacial score (nSPS) is 11.5. The Kier molecular flexibility index (Phi) is 16.0.